The Morgan fingerprint density at radius 3 is 1.77 bits per heavy atom. The molecule has 0 spiro atoms. The van der Waals surface area contributed by atoms with Gasteiger partial charge in [-0.2, -0.15) is 0 Å². The van der Waals surface area contributed by atoms with Crippen LogP contribution in [0.1, 0.15) is 84.0 Å². The summed E-state index contributed by atoms with van der Waals surface area (Å²) in [5.41, 5.74) is 0. The largest absolute Gasteiger partial charge is 0.481 e. The standard InChI is InChI=1S/C20H28O2/c1-2-3-4-5-6-7-8-9-10-11-12-13-14-15-16-17-18-19-20(21)22/h2-5,8,11,14-19H2,1H3,(H,21,22). The first kappa shape index (κ1) is 20.1. The molecule has 1 N–H and O–H groups in total. The topological polar surface area (TPSA) is 37.3 Å². The highest BCUT2D eigenvalue weighted by Crippen LogP contribution is 2.04. The third-order valence-electron chi connectivity index (χ3n) is 3.08. The number of carboxylic acids is 1. The Hall–Kier alpha value is -1.85. The van der Waals surface area contributed by atoms with Crippen LogP contribution in [0.3, 0.4) is 0 Å². The summed E-state index contributed by atoms with van der Waals surface area (Å²) in [6.07, 6.45) is 11.0. The van der Waals surface area contributed by atoms with Crippen molar-refractivity contribution in [2.75, 3.05) is 0 Å². The van der Waals surface area contributed by atoms with Gasteiger partial charge in [0.05, 0.1) is 12.8 Å². The summed E-state index contributed by atoms with van der Waals surface area (Å²) in [6, 6.07) is 0. The lowest BCUT2D eigenvalue weighted by Gasteiger charge is -1.95. The van der Waals surface area contributed by atoms with E-state index in [4.69, 9.17) is 5.11 Å². The molecule has 0 aromatic heterocycles. The highest BCUT2D eigenvalue weighted by molar-refractivity contribution is 5.66. The number of rotatable bonds is 9. The predicted molar refractivity (Wildman–Crippen MR) is 92.0 cm³/mol. The zero-order valence-corrected chi connectivity index (χ0v) is 13.8. The second kappa shape index (κ2) is 17.2. The average Bonchev–Trinajstić information content (AvgIpc) is 2.50. The Balaban J connectivity index is 3.41. The minimum Gasteiger partial charge on any atom is -0.481 e. The maximum Gasteiger partial charge on any atom is 0.303 e. The molecule has 0 heterocycles. The minimum atomic E-state index is -0.705. The van der Waals surface area contributed by atoms with Gasteiger partial charge in [0.1, 0.15) is 0 Å². The average molecular weight is 300 g/mol. The third-order valence-corrected chi connectivity index (χ3v) is 3.08. The minimum absolute atomic E-state index is 0.281. The number of hydrogen-bond acceptors (Lipinski definition) is 1. The molecule has 0 amide bonds. The lowest BCUT2D eigenvalue weighted by molar-refractivity contribution is -0.137. The lowest BCUT2D eigenvalue weighted by atomic mass is 10.1. The Morgan fingerprint density at radius 1 is 0.727 bits per heavy atom. The van der Waals surface area contributed by atoms with E-state index in [2.05, 4.69) is 42.4 Å². The highest BCUT2D eigenvalue weighted by atomic mass is 16.4. The fourth-order valence-electron chi connectivity index (χ4n) is 1.82. The van der Waals surface area contributed by atoms with E-state index < -0.39 is 5.97 Å². The van der Waals surface area contributed by atoms with Gasteiger partial charge in [-0.15, -0.1) is 11.8 Å². The normalized spacial score (nSPS) is 8.77. The molecule has 0 aliphatic carbocycles. The van der Waals surface area contributed by atoms with Crippen molar-refractivity contribution in [2.45, 2.75) is 84.0 Å². The molecule has 120 valence electrons. The summed E-state index contributed by atoms with van der Waals surface area (Å²) < 4.78 is 0. The molecule has 0 saturated carbocycles. The zero-order chi connectivity index (χ0) is 16.3. The SMILES string of the molecule is CCCCCC#CCC#CCC#CCCCCCCC(=O)O. The lowest BCUT2D eigenvalue weighted by Crippen LogP contribution is -1.93. The second-order valence-electron chi connectivity index (χ2n) is 5.18. The first-order chi connectivity index (χ1) is 10.8. The van der Waals surface area contributed by atoms with E-state index >= 15 is 0 Å². The Kier molecular flexibility index (Phi) is 15.8. The van der Waals surface area contributed by atoms with Gasteiger partial charge in [-0.25, -0.2) is 0 Å². The smallest absolute Gasteiger partial charge is 0.303 e. The van der Waals surface area contributed by atoms with Gasteiger partial charge in [-0.3, -0.25) is 4.79 Å². The summed E-state index contributed by atoms with van der Waals surface area (Å²) in [5, 5.41) is 8.50. The molecule has 0 radical (unpaired) electrons. The van der Waals surface area contributed by atoms with Gasteiger partial charge in [-0.05, 0) is 19.3 Å². The van der Waals surface area contributed by atoms with E-state index in [0.717, 1.165) is 38.5 Å². The van der Waals surface area contributed by atoms with Crippen molar-refractivity contribution in [3.05, 3.63) is 0 Å². The molecular formula is C20H28O2. The van der Waals surface area contributed by atoms with Crippen LogP contribution in [0.2, 0.25) is 0 Å². The number of carbonyl (C=O) groups is 1. The molecule has 0 bridgehead atoms. The molecular weight excluding hydrogens is 272 g/mol. The zero-order valence-electron chi connectivity index (χ0n) is 13.8. The van der Waals surface area contributed by atoms with Crippen molar-refractivity contribution in [2.24, 2.45) is 0 Å². The van der Waals surface area contributed by atoms with Gasteiger partial charge in [-0.1, -0.05) is 56.3 Å². The molecule has 0 aliphatic rings. The monoisotopic (exact) mass is 300 g/mol. The molecule has 22 heavy (non-hydrogen) atoms. The van der Waals surface area contributed by atoms with E-state index in [-0.39, 0.29) is 6.42 Å². The quantitative estimate of drug-likeness (QED) is 0.491. The van der Waals surface area contributed by atoms with Crippen LogP contribution in [0, 0.1) is 35.5 Å². The number of hydrogen-bond donors (Lipinski definition) is 1. The first-order valence-electron chi connectivity index (χ1n) is 8.36. The molecule has 0 aromatic rings. The van der Waals surface area contributed by atoms with Gasteiger partial charge in [0.2, 0.25) is 0 Å². The van der Waals surface area contributed by atoms with E-state index in [1.165, 1.54) is 19.3 Å². The van der Waals surface area contributed by atoms with Crippen molar-refractivity contribution in [3.8, 4) is 35.5 Å². The Bertz CT molecular complexity index is 457. The van der Waals surface area contributed by atoms with Crippen LogP contribution in [-0.4, -0.2) is 11.1 Å². The molecule has 0 aliphatic heterocycles. The van der Waals surface area contributed by atoms with E-state index in [0.29, 0.717) is 12.8 Å². The molecule has 0 rings (SSSR count). The fourth-order valence-corrected chi connectivity index (χ4v) is 1.82. The predicted octanol–water partition coefficient (Wildman–Crippen LogP) is 4.78. The van der Waals surface area contributed by atoms with Gasteiger partial charge < -0.3 is 5.11 Å². The third kappa shape index (κ3) is 18.1. The van der Waals surface area contributed by atoms with Crippen LogP contribution in [0.5, 0.6) is 0 Å². The number of carboxylic acid groups (broad SMARTS) is 1. The molecule has 2 heteroatoms. The van der Waals surface area contributed by atoms with Gasteiger partial charge in [0, 0.05) is 19.3 Å². The van der Waals surface area contributed by atoms with Gasteiger partial charge in [0.25, 0.3) is 0 Å². The van der Waals surface area contributed by atoms with E-state index in [1.807, 2.05) is 0 Å². The molecule has 0 atom stereocenters. The van der Waals surface area contributed by atoms with Crippen LogP contribution in [0.15, 0.2) is 0 Å². The Morgan fingerprint density at radius 2 is 1.23 bits per heavy atom. The maximum atomic E-state index is 10.3. The van der Waals surface area contributed by atoms with Gasteiger partial charge in [0.15, 0.2) is 0 Å². The summed E-state index contributed by atoms with van der Waals surface area (Å²) >= 11 is 0. The fraction of sp³-hybridized carbons (Fsp3) is 0.650. The number of aliphatic carboxylic acids is 1. The maximum absolute atomic E-state index is 10.3. The van der Waals surface area contributed by atoms with Crippen LogP contribution < -0.4 is 0 Å². The van der Waals surface area contributed by atoms with Crippen molar-refractivity contribution >= 4 is 5.97 Å². The van der Waals surface area contributed by atoms with Crippen LogP contribution in [0.25, 0.3) is 0 Å². The van der Waals surface area contributed by atoms with Crippen LogP contribution in [0.4, 0.5) is 0 Å². The summed E-state index contributed by atoms with van der Waals surface area (Å²) in [6.45, 7) is 2.19. The summed E-state index contributed by atoms with van der Waals surface area (Å²) in [5.74, 6) is 17.7. The first-order valence-corrected chi connectivity index (χ1v) is 8.36. The van der Waals surface area contributed by atoms with Crippen molar-refractivity contribution < 1.29 is 9.90 Å². The second-order valence-corrected chi connectivity index (χ2v) is 5.18. The molecule has 0 aromatic carbocycles. The van der Waals surface area contributed by atoms with Crippen molar-refractivity contribution in [3.63, 3.8) is 0 Å². The molecule has 0 unspecified atom stereocenters. The van der Waals surface area contributed by atoms with Gasteiger partial charge >= 0.3 is 5.97 Å². The van der Waals surface area contributed by atoms with Crippen LogP contribution in [-0.2, 0) is 4.79 Å². The van der Waals surface area contributed by atoms with E-state index in [1.54, 1.807) is 0 Å². The molecule has 0 fully saturated rings. The van der Waals surface area contributed by atoms with E-state index in [9.17, 15) is 4.79 Å². The van der Waals surface area contributed by atoms with Crippen LogP contribution >= 0.6 is 0 Å². The summed E-state index contributed by atoms with van der Waals surface area (Å²) in [7, 11) is 0. The highest BCUT2D eigenvalue weighted by Gasteiger charge is 1.95. The summed E-state index contributed by atoms with van der Waals surface area (Å²) in [4.78, 5) is 10.3. The Labute approximate surface area is 136 Å². The molecule has 0 saturated heterocycles. The van der Waals surface area contributed by atoms with Crippen molar-refractivity contribution in [1.82, 2.24) is 0 Å². The van der Waals surface area contributed by atoms with Crippen molar-refractivity contribution in [1.29, 1.82) is 0 Å². The molecule has 2 nitrogen and oxygen atoms in total. The number of unbranched alkanes of at least 4 members (excludes halogenated alkanes) is 7.